The third-order valence-electron chi connectivity index (χ3n) is 2.44. The number of pyridine rings is 2. The molecule has 2 rings (SSSR count). The Kier molecular flexibility index (Phi) is 3.09. The first kappa shape index (κ1) is 11.8. The van der Waals surface area contributed by atoms with Gasteiger partial charge in [0.15, 0.2) is 11.5 Å². The molecule has 2 aromatic heterocycles. The first-order valence-corrected chi connectivity index (χ1v) is 5.25. The number of nitrogens with one attached hydrogen (secondary N) is 1. The van der Waals surface area contributed by atoms with E-state index in [9.17, 15) is 4.79 Å². The standard InChI is InChI=1S/C12H12N4O2/c1-7-4-5-14-6-10(7)16-11-8(13)2-3-9(15-11)12(17)18/h2-6H,13H2,1H3,(H,15,16)(H,17,18). The average molecular weight is 244 g/mol. The lowest BCUT2D eigenvalue weighted by Crippen LogP contribution is -2.06. The Bertz CT molecular complexity index is 598. The number of carboxylic acids is 1. The third kappa shape index (κ3) is 2.37. The van der Waals surface area contributed by atoms with E-state index in [0.717, 1.165) is 11.3 Å². The third-order valence-corrected chi connectivity index (χ3v) is 2.44. The number of nitrogen functional groups attached to an aromatic ring is 1. The number of rotatable bonds is 3. The van der Waals surface area contributed by atoms with E-state index < -0.39 is 5.97 Å². The van der Waals surface area contributed by atoms with Gasteiger partial charge in [-0.2, -0.15) is 0 Å². The van der Waals surface area contributed by atoms with Crippen molar-refractivity contribution in [3.63, 3.8) is 0 Å². The van der Waals surface area contributed by atoms with Crippen molar-refractivity contribution in [1.82, 2.24) is 9.97 Å². The summed E-state index contributed by atoms with van der Waals surface area (Å²) in [7, 11) is 0. The largest absolute Gasteiger partial charge is 0.477 e. The van der Waals surface area contributed by atoms with Gasteiger partial charge in [0.2, 0.25) is 0 Å². The molecule has 0 aliphatic rings. The molecule has 0 amide bonds. The second-order valence-electron chi connectivity index (χ2n) is 3.76. The van der Waals surface area contributed by atoms with E-state index in [1.54, 1.807) is 12.4 Å². The van der Waals surface area contributed by atoms with Crippen LogP contribution in [0.5, 0.6) is 0 Å². The number of nitrogens with zero attached hydrogens (tertiary/aromatic N) is 2. The zero-order valence-corrected chi connectivity index (χ0v) is 9.71. The number of aromatic carboxylic acids is 1. The number of carbonyl (C=O) groups is 1. The molecule has 0 fully saturated rings. The number of aromatic nitrogens is 2. The SMILES string of the molecule is Cc1ccncc1Nc1nc(C(=O)O)ccc1N. The molecule has 0 spiro atoms. The van der Waals surface area contributed by atoms with E-state index in [2.05, 4.69) is 15.3 Å². The van der Waals surface area contributed by atoms with Crippen LogP contribution in [0.4, 0.5) is 17.2 Å². The topological polar surface area (TPSA) is 101 Å². The summed E-state index contributed by atoms with van der Waals surface area (Å²) in [5, 5.41) is 11.9. The number of aryl methyl sites for hydroxylation is 1. The van der Waals surface area contributed by atoms with E-state index in [1.165, 1.54) is 12.1 Å². The lowest BCUT2D eigenvalue weighted by molar-refractivity contribution is 0.0690. The molecule has 6 nitrogen and oxygen atoms in total. The zero-order valence-electron chi connectivity index (χ0n) is 9.71. The summed E-state index contributed by atoms with van der Waals surface area (Å²) in [4.78, 5) is 18.8. The van der Waals surface area contributed by atoms with Gasteiger partial charge in [0, 0.05) is 6.20 Å². The van der Waals surface area contributed by atoms with Gasteiger partial charge in [-0.1, -0.05) is 0 Å². The lowest BCUT2D eigenvalue weighted by Gasteiger charge is -2.10. The second-order valence-corrected chi connectivity index (χ2v) is 3.76. The summed E-state index contributed by atoms with van der Waals surface area (Å²) >= 11 is 0. The maximum Gasteiger partial charge on any atom is 0.354 e. The van der Waals surface area contributed by atoms with E-state index >= 15 is 0 Å². The smallest absolute Gasteiger partial charge is 0.354 e. The number of hydrogen-bond acceptors (Lipinski definition) is 5. The predicted octanol–water partition coefficient (Wildman–Crippen LogP) is 1.81. The number of nitrogens with two attached hydrogens (primary N) is 1. The first-order chi connectivity index (χ1) is 8.58. The van der Waals surface area contributed by atoms with Crippen LogP contribution in [-0.4, -0.2) is 21.0 Å². The van der Waals surface area contributed by atoms with E-state index in [-0.39, 0.29) is 5.69 Å². The lowest BCUT2D eigenvalue weighted by atomic mass is 10.2. The van der Waals surface area contributed by atoms with Crippen molar-refractivity contribution in [3.8, 4) is 0 Å². The molecule has 0 aliphatic heterocycles. The summed E-state index contributed by atoms with van der Waals surface area (Å²) in [6, 6.07) is 4.70. The molecular weight excluding hydrogens is 232 g/mol. The summed E-state index contributed by atoms with van der Waals surface area (Å²) in [5.74, 6) is -0.785. The van der Waals surface area contributed by atoms with Gasteiger partial charge in [-0.25, -0.2) is 9.78 Å². The minimum Gasteiger partial charge on any atom is -0.477 e. The maximum absolute atomic E-state index is 10.8. The van der Waals surface area contributed by atoms with Crippen molar-refractivity contribution < 1.29 is 9.90 Å². The van der Waals surface area contributed by atoms with E-state index in [4.69, 9.17) is 10.8 Å². The Balaban J connectivity index is 2.37. The number of hydrogen-bond donors (Lipinski definition) is 3. The van der Waals surface area contributed by atoms with Gasteiger partial charge >= 0.3 is 5.97 Å². The highest BCUT2D eigenvalue weighted by molar-refractivity contribution is 5.87. The Labute approximate surface area is 104 Å². The molecule has 0 radical (unpaired) electrons. The molecule has 0 aliphatic carbocycles. The highest BCUT2D eigenvalue weighted by atomic mass is 16.4. The normalized spacial score (nSPS) is 10.1. The van der Waals surface area contributed by atoms with Crippen molar-refractivity contribution in [3.05, 3.63) is 41.9 Å². The van der Waals surface area contributed by atoms with Crippen LogP contribution >= 0.6 is 0 Å². The molecule has 6 heteroatoms. The predicted molar refractivity (Wildman–Crippen MR) is 67.9 cm³/mol. The average Bonchev–Trinajstić information content (AvgIpc) is 2.34. The number of anilines is 3. The van der Waals surface area contributed by atoms with Crippen LogP contribution < -0.4 is 11.1 Å². The molecule has 0 atom stereocenters. The van der Waals surface area contributed by atoms with Gasteiger partial charge in [-0.3, -0.25) is 4.98 Å². The van der Waals surface area contributed by atoms with Crippen LogP contribution in [0.2, 0.25) is 0 Å². The summed E-state index contributed by atoms with van der Waals surface area (Å²) in [5.41, 5.74) is 7.77. The van der Waals surface area contributed by atoms with E-state index in [1.807, 2.05) is 13.0 Å². The molecule has 92 valence electrons. The van der Waals surface area contributed by atoms with Crippen LogP contribution in [-0.2, 0) is 0 Å². The van der Waals surface area contributed by atoms with Gasteiger partial charge in [0.05, 0.1) is 17.6 Å². The van der Waals surface area contributed by atoms with E-state index in [0.29, 0.717) is 11.5 Å². The molecule has 0 bridgehead atoms. The summed E-state index contributed by atoms with van der Waals surface area (Å²) < 4.78 is 0. The molecule has 0 unspecified atom stereocenters. The van der Waals surface area contributed by atoms with Crippen molar-refractivity contribution in [1.29, 1.82) is 0 Å². The minimum absolute atomic E-state index is 0.0618. The molecule has 2 heterocycles. The van der Waals surface area contributed by atoms with Crippen molar-refractivity contribution >= 4 is 23.2 Å². The Hall–Kier alpha value is -2.63. The highest BCUT2D eigenvalue weighted by Crippen LogP contribution is 2.22. The Morgan fingerprint density at radius 2 is 2.17 bits per heavy atom. The molecular formula is C12H12N4O2. The van der Waals surface area contributed by atoms with Crippen molar-refractivity contribution in [2.75, 3.05) is 11.1 Å². The fourth-order valence-electron chi connectivity index (χ4n) is 1.41. The second kappa shape index (κ2) is 4.70. The van der Waals surface area contributed by atoms with Crippen LogP contribution in [0.15, 0.2) is 30.6 Å². The van der Waals surface area contributed by atoms with Gasteiger partial charge in [-0.05, 0) is 30.7 Å². The molecule has 4 N–H and O–H groups in total. The Morgan fingerprint density at radius 1 is 1.39 bits per heavy atom. The maximum atomic E-state index is 10.8. The summed E-state index contributed by atoms with van der Waals surface area (Å²) in [6.45, 7) is 1.90. The molecule has 0 aromatic carbocycles. The van der Waals surface area contributed by atoms with Crippen molar-refractivity contribution in [2.24, 2.45) is 0 Å². The van der Waals surface area contributed by atoms with Gasteiger partial charge in [0.1, 0.15) is 0 Å². The quantitative estimate of drug-likeness (QED) is 0.761. The number of carboxylic acid groups (broad SMARTS) is 1. The Morgan fingerprint density at radius 3 is 2.83 bits per heavy atom. The first-order valence-electron chi connectivity index (χ1n) is 5.25. The van der Waals surface area contributed by atoms with Gasteiger partial charge in [-0.15, -0.1) is 0 Å². The summed E-state index contributed by atoms with van der Waals surface area (Å²) in [6.07, 6.45) is 3.30. The van der Waals surface area contributed by atoms with Crippen LogP contribution in [0.1, 0.15) is 16.1 Å². The zero-order chi connectivity index (χ0) is 13.1. The fourth-order valence-corrected chi connectivity index (χ4v) is 1.41. The van der Waals surface area contributed by atoms with Gasteiger partial charge < -0.3 is 16.2 Å². The molecule has 18 heavy (non-hydrogen) atoms. The van der Waals surface area contributed by atoms with Crippen molar-refractivity contribution in [2.45, 2.75) is 6.92 Å². The molecule has 0 saturated heterocycles. The van der Waals surface area contributed by atoms with Crippen LogP contribution in [0, 0.1) is 6.92 Å². The monoisotopic (exact) mass is 244 g/mol. The highest BCUT2D eigenvalue weighted by Gasteiger charge is 2.09. The van der Waals surface area contributed by atoms with Crippen LogP contribution in [0.25, 0.3) is 0 Å². The fraction of sp³-hybridized carbons (Fsp3) is 0.0833. The van der Waals surface area contributed by atoms with Gasteiger partial charge in [0.25, 0.3) is 0 Å². The molecule has 2 aromatic rings. The van der Waals surface area contributed by atoms with Crippen LogP contribution in [0.3, 0.4) is 0 Å². The molecule has 0 saturated carbocycles. The minimum atomic E-state index is -1.10.